The standard InChI is InChI=1S/C11H18N4.C4H10/c1-5-6-7-12-10-9(2)13-8-14-11(10)15(3)4;1-4(2)3/h7-8H,5-6H2,1-4H3;4H,1-3H3. The van der Waals surface area contributed by atoms with Gasteiger partial charge in [0.2, 0.25) is 0 Å². The van der Waals surface area contributed by atoms with Gasteiger partial charge >= 0.3 is 0 Å². The fourth-order valence-electron chi connectivity index (χ4n) is 1.22. The van der Waals surface area contributed by atoms with Crippen molar-refractivity contribution in [2.75, 3.05) is 19.0 Å². The number of nitrogens with zero attached hydrogens (tertiary/aromatic N) is 4. The van der Waals surface area contributed by atoms with Gasteiger partial charge in [0.05, 0.1) is 5.69 Å². The van der Waals surface area contributed by atoms with Gasteiger partial charge in [0.25, 0.3) is 0 Å². The summed E-state index contributed by atoms with van der Waals surface area (Å²) in [5, 5.41) is 0. The van der Waals surface area contributed by atoms with E-state index in [1.54, 1.807) is 6.33 Å². The van der Waals surface area contributed by atoms with E-state index in [2.05, 4.69) is 42.7 Å². The Morgan fingerprint density at radius 1 is 1.26 bits per heavy atom. The smallest absolute Gasteiger partial charge is 0.157 e. The quantitative estimate of drug-likeness (QED) is 0.771. The van der Waals surface area contributed by atoms with Crippen LogP contribution in [0.3, 0.4) is 0 Å². The number of hydrogen-bond donors (Lipinski definition) is 0. The summed E-state index contributed by atoms with van der Waals surface area (Å²) in [5.41, 5.74) is 1.79. The molecule has 0 spiro atoms. The van der Waals surface area contributed by atoms with Gasteiger partial charge in [-0.25, -0.2) is 9.97 Å². The maximum Gasteiger partial charge on any atom is 0.157 e. The van der Waals surface area contributed by atoms with Crippen molar-refractivity contribution < 1.29 is 0 Å². The lowest BCUT2D eigenvalue weighted by Gasteiger charge is -2.14. The molecule has 1 rings (SSSR count). The highest BCUT2D eigenvalue weighted by Crippen LogP contribution is 2.26. The first kappa shape index (κ1) is 17.6. The number of hydrogen-bond acceptors (Lipinski definition) is 4. The predicted molar refractivity (Wildman–Crippen MR) is 84.7 cm³/mol. The lowest BCUT2D eigenvalue weighted by atomic mass is 10.3. The van der Waals surface area contributed by atoms with Crippen LogP contribution in [-0.2, 0) is 0 Å². The molecule has 0 aromatic carbocycles. The highest BCUT2D eigenvalue weighted by Gasteiger charge is 2.07. The summed E-state index contributed by atoms with van der Waals surface area (Å²) in [5.74, 6) is 1.70. The minimum atomic E-state index is 0.833. The van der Waals surface area contributed by atoms with Gasteiger partial charge in [0.15, 0.2) is 5.82 Å². The largest absolute Gasteiger partial charge is 0.361 e. The number of aliphatic imine (C=N–C) groups is 1. The Hall–Kier alpha value is -1.45. The number of rotatable bonds is 4. The van der Waals surface area contributed by atoms with Crippen molar-refractivity contribution in [1.82, 2.24) is 9.97 Å². The number of aryl methyl sites for hydroxylation is 1. The van der Waals surface area contributed by atoms with Crippen LogP contribution in [0, 0.1) is 12.8 Å². The summed E-state index contributed by atoms with van der Waals surface area (Å²) in [4.78, 5) is 14.7. The van der Waals surface area contributed by atoms with Gasteiger partial charge in [0.1, 0.15) is 12.0 Å². The highest BCUT2D eigenvalue weighted by molar-refractivity contribution is 5.71. The molecular formula is C15H28N4. The van der Waals surface area contributed by atoms with Crippen LogP contribution in [-0.4, -0.2) is 30.3 Å². The fourth-order valence-corrected chi connectivity index (χ4v) is 1.22. The van der Waals surface area contributed by atoms with Crippen molar-refractivity contribution in [1.29, 1.82) is 0 Å². The topological polar surface area (TPSA) is 41.4 Å². The molecule has 0 aliphatic heterocycles. The molecule has 1 aromatic heterocycles. The Morgan fingerprint density at radius 2 is 1.84 bits per heavy atom. The number of unbranched alkanes of at least 4 members (excludes halogenated alkanes) is 1. The molecule has 0 fully saturated rings. The van der Waals surface area contributed by atoms with E-state index in [1.165, 1.54) is 0 Å². The van der Waals surface area contributed by atoms with Crippen molar-refractivity contribution in [3.63, 3.8) is 0 Å². The monoisotopic (exact) mass is 264 g/mol. The zero-order valence-corrected chi connectivity index (χ0v) is 13.4. The third kappa shape index (κ3) is 7.54. The second-order valence-corrected chi connectivity index (χ2v) is 5.36. The first-order valence-corrected chi connectivity index (χ1v) is 6.91. The van der Waals surface area contributed by atoms with Crippen molar-refractivity contribution >= 4 is 17.7 Å². The summed E-state index contributed by atoms with van der Waals surface area (Å²) in [7, 11) is 3.92. The Morgan fingerprint density at radius 3 is 2.32 bits per heavy atom. The van der Waals surface area contributed by atoms with Crippen LogP contribution in [0.5, 0.6) is 0 Å². The molecular weight excluding hydrogens is 236 g/mol. The predicted octanol–water partition coefficient (Wildman–Crippen LogP) is 4.02. The number of anilines is 1. The molecule has 4 nitrogen and oxygen atoms in total. The molecule has 0 aliphatic carbocycles. The summed E-state index contributed by atoms with van der Waals surface area (Å²) in [6.07, 6.45) is 5.59. The van der Waals surface area contributed by atoms with E-state index in [0.717, 1.165) is 36.0 Å². The maximum atomic E-state index is 4.43. The van der Waals surface area contributed by atoms with Gasteiger partial charge in [-0.15, -0.1) is 0 Å². The Balaban J connectivity index is 0.000000711. The molecule has 1 heterocycles. The molecule has 1 aromatic rings. The lowest BCUT2D eigenvalue weighted by Crippen LogP contribution is -2.11. The molecule has 0 aliphatic rings. The summed E-state index contributed by atoms with van der Waals surface area (Å²) in [6.45, 7) is 10.6. The van der Waals surface area contributed by atoms with E-state index < -0.39 is 0 Å². The number of aromatic nitrogens is 2. The SMILES string of the molecule is CC(C)C.CCCC=Nc1c(C)ncnc1N(C)C. The fraction of sp³-hybridized carbons (Fsp3) is 0.667. The summed E-state index contributed by atoms with van der Waals surface area (Å²) in [6, 6.07) is 0. The van der Waals surface area contributed by atoms with E-state index in [1.807, 2.05) is 32.1 Å². The van der Waals surface area contributed by atoms with Gasteiger partial charge in [0, 0.05) is 20.3 Å². The normalized spacial score (nSPS) is 10.5. The third-order valence-corrected chi connectivity index (χ3v) is 2.05. The zero-order valence-electron chi connectivity index (χ0n) is 13.4. The Labute approximate surface area is 118 Å². The van der Waals surface area contributed by atoms with Gasteiger partial charge in [-0.1, -0.05) is 34.1 Å². The summed E-state index contributed by atoms with van der Waals surface area (Å²) < 4.78 is 0. The molecule has 0 bridgehead atoms. The van der Waals surface area contributed by atoms with Crippen molar-refractivity contribution in [3.05, 3.63) is 12.0 Å². The van der Waals surface area contributed by atoms with Crippen LogP contribution in [0.2, 0.25) is 0 Å². The second-order valence-electron chi connectivity index (χ2n) is 5.36. The molecule has 0 saturated carbocycles. The van der Waals surface area contributed by atoms with Gasteiger partial charge in [-0.3, -0.25) is 4.99 Å². The van der Waals surface area contributed by atoms with E-state index in [4.69, 9.17) is 0 Å². The van der Waals surface area contributed by atoms with E-state index >= 15 is 0 Å². The summed E-state index contributed by atoms with van der Waals surface area (Å²) >= 11 is 0. The van der Waals surface area contributed by atoms with E-state index in [9.17, 15) is 0 Å². The first-order valence-electron chi connectivity index (χ1n) is 6.91. The van der Waals surface area contributed by atoms with Crippen molar-refractivity contribution in [2.24, 2.45) is 10.9 Å². The molecule has 0 radical (unpaired) electrons. The van der Waals surface area contributed by atoms with Crippen LogP contribution < -0.4 is 4.90 Å². The van der Waals surface area contributed by atoms with Crippen LogP contribution >= 0.6 is 0 Å². The van der Waals surface area contributed by atoms with Crippen LogP contribution in [0.4, 0.5) is 11.5 Å². The molecule has 0 N–H and O–H groups in total. The maximum absolute atomic E-state index is 4.43. The third-order valence-electron chi connectivity index (χ3n) is 2.05. The van der Waals surface area contributed by atoms with Crippen LogP contribution in [0.15, 0.2) is 11.3 Å². The Kier molecular flexibility index (Phi) is 8.75. The molecule has 108 valence electrons. The molecule has 19 heavy (non-hydrogen) atoms. The molecule has 0 saturated heterocycles. The average molecular weight is 264 g/mol. The van der Waals surface area contributed by atoms with E-state index in [0.29, 0.717) is 0 Å². The van der Waals surface area contributed by atoms with Gasteiger partial charge in [-0.2, -0.15) is 0 Å². The lowest BCUT2D eigenvalue weighted by molar-refractivity contribution is 0.737. The van der Waals surface area contributed by atoms with Crippen LogP contribution in [0.1, 0.15) is 46.2 Å². The second kappa shape index (κ2) is 9.48. The molecule has 0 atom stereocenters. The molecule has 4 heteroatoms. The van der Waals surface area contributed by atoms with Crippen molar-refractivity contribution in [3.8, 4) is 0 Å². The minimum absolute atomic E-state index is 0.833. The van der Waals surface area contributed by atoms with E-state index in [-0.39, 0.29) is 0 Å². The first-order chi connectivity index (χ1) is 8.90. The zero-order chi connectivity index (χ0) is 14.8. The highest BCUT2D eigenvalue weighted by atomic mass is 15.2. The van der Waals surface area contributed by atoms with Crippen LogP contribution in [0.25, 0.3) is 0 Å². The molecule has 0 amide bonds. The minimum Gasteiger partial charge on any atom is -0.361 e. The Bertz CT molecular complexity index is 381. The molecule has 0 unspecified atom stereocenters. The van der Waals surface area contributed by atoms with Gasteiger partial charge < -0.3 is 4.90 Å². The average Bonchev–Trinajstić information content (AvgIpc) is 2.30. The van der Waals surface area contributed by atoms with Gasteiger partial charge in [-0.05, 0) is 19.3 Å². The van der Waals surface area contributed by atoms with Crippen molar-refractivity contribution in [2.45, 2.75) is 47.5 Å².